The molecule has 1 N–H and O–H groups in total. The molecule has 0 aliphatic heterocycles. The van der Waals surface area contributed by atoms with E-state index in [1.54, 1.807) is 6.07 Å². The maximum absolute atomic E-state index is 12.3. The van der Waals surface area contributed by atoms with Gasteiger partial charge in [-0.15, -0.1) is 10.2 Å². The van der Waals surface area contributed by atoms with Crippen LogP contribution in [0.15, 0.2) is 47.6 Å². The van der Waals surface area contributed by atoms with Gasteiger partial charge in [0.1, 0.15) is 5.75 Å². The number of carbonyl (C=O) groups excluding carboxylic acids is 1. The van der Waals surface area contributed by atoms with E-state index in [-0.39, 0.29) is 17.8 Å². The van der Waals surface area contributed by atoms with Crippen LogP contribution in [0.25, 0.3) is 0 Å². The fraction of sp³-hybridized carbons (Fsp3) is 0.318. The average Bonchev–Trinajstić information content (AvgIpc) is 3.11. The first-order valence-electron chi connectivity index (χ1n) is 9.71. The van der Waals surface area contributed by atoms with Crippen LogP contribution in [-0.2, 0) is 18.3 Å². The molecule has 0 aliphatic carbocycles. The zero-order chi connectivity index (χ0) is 21.7. The highest BCUT2D eigenvalue weighted by atomic mass is 35.5. The van der Waals surface area contributed by atoms with Crippen LogP contribution in [0.2, 0.25) is 5.02 Å². The number of amides is 1. The largest absolute Gasteiger partial charge is 0.483 e. The number of aromatic nitrogens is 3. The second kappa shape index (κ2) is 10.00. The summed E-state index contributed by atoms with van der Waals surface area (Å²) in [6.07, 6.45) is 0.719. The fourth-order valence-corrected chi connectivity index (χ4v) is 3.82. The smallest absolute Gasteiger partial charge is 0.234 e. The van der Waals surface area contributed by atoms with E-state index in [1.165, 1.54) is 17.3 Å². The normalized spacial score (nSPS) is 11.9. The SMILES string of the molecule is CCc1ccc(O[C@@H](C)c2nnc(SCC(=O)Nc3cccc(Cl)c3C)n2C)cc1. The number of anilines is 1. The average molecular weight is 445 g/mol. The second-order valence-corrected chi connectivity index (χ2v) is 8.26. The van der Waals surface area contributed by atoms with E-state index in [0.29, 0.717) is 21.7 Å². The molecular weight excluding hydrogens is 420 g/mol. The number of carbonyl (C=O) groups is 1. The summed E-state index contributed by atoms with van der Waals surface area (Å²) in [5.74, 6) is 1.57. The maximum atomic E-state index is 12.3. The highest BCUT2D eigenvalue weighted by molar-refractivity contribution is 7.99. The molecule has 0 bridgehead atoms. The third-order valence-electron chi connectivity index (χ3n) is 4.75. The Morgan fingerprint density at radius 3 is 2.67 bits per heavy atom. The molecule has 0 unspecified atom stereocenters. The minimum Gasteiger partial charge on any atom is -0.483 e. The molecule has 1 aromatic heterocycles. The van der Waals surface area contributed by atoms with E-state index in [1.807, 2.05) is 49.7 Å². The lowest BCUT2D eigenvalue weighted by Gasteiger charge is -2.14. The molecule has 1 atom stereocenters. The van der Waals surface area contributed by atoms with Crippen LogP contribution in [-0.4, -0.2) is 26.4 Å². The van der Waals surface area contributed by atoms with Crippen LogP contribution in [0.4, 0.5) is 5.69 Å². The molecule has 0 spiro atoms. The van der Waals surface area contributed by atoms with Gasteiger partial charge in [-0.1, -0.05) is 48.5 Å². The van der Waals surface area contributed by atoms with Crippen molar-refractivity contribution in [3.05, 3.63) is 64.4 Å². The van der Waals surface area contributed by atoms with Crippen LogP contribution in [0.3, 0.4) is 0 Å². The molecule has 158 valence electrons. The molecule has 30 heavy (non-hydrogen) atoms. The summed E-state index contributed by atoms with van der Waals surface area (Å²) in [4.78, 5) is 12.3. The molecule has 0 saturated heterocycles. The van der Waals surface area contributed by atoms with Gasteiger partial charge in [-0.05, 0) is 55.7 Å². The number of benzene rings is 2. The standard InChI is InChI=1S/C22H25ClN4O2S/c1-5-16-9-11-17(12-10-16)29-15(3)21-25-26-22(27(21)4)30-13-20(28)24-19-8-6-7-18(23)14(19)2/h6-12,15H,5,13H2,1-4H3,(H,24,28)/t15-/m0/s1. The monoisotopic (exact) mass is 444 g/mol. The van der Waals surface area contributed by atoms with Gasteiger partial charge in [0.15, 0.2) is 17.1 Å². The van der Waals surface area contributed by atoms with E-state index in [0.717, 1.165) is 17.7 Å². The third-order valence-corrected chi connectivity index (χ3v) is 6.18. The number of thioether (sulfide) groups is 1. The highest BCUT2D eigenvalue weighted by Crippen LogP contribution is 2.25. The molecule has 0 aliphatic rings. The van der Waals surface area contributed by atoms with Gasteiger partial charge in [-0.25, -0.2) is 0 Å². The Labute approximate surface area is 186 Å². The third kappa shape index (κ3) is 5.34. The van der Waals surface area contributed by atoms with Crippen molar-refractivity contribution in [2.24, 2.45) is 7.05 Å². The number of ether oxygens (including phenoxy) is 1. The Balaban J connectivity index is 1.59. The summed E-state index contributed by atoms with van der Waals surface area (Å²) in [6, 6.07) is 13.5. The Kier molecular flexibility index (Phi) is 7.39. The van der Waals surface area contributed by atoms with Gasteiger partial charge in [0.25, 0.3) is 0 Å². The minimum atomic E-state index is -0.271. The van der Waals surface area contributed by atoms with Gasteiger partial charge in [-0.2, -0.15) is 0 Å². The van der Waals surface area contributed by atoms with Gasteiger partial charge in [0.05, 0.1) is 5.75 Å². The Bertz CT molecular complexity index is 1020. The number of nitrogens with one attached hydrogen (secondary N) is 1. The number of hydrogen-bond donors (Lipinski definition) is 1. The van der Waals surface area contributed by atoms with Gasteiger partial charge in [-0.3, -0.25) is 4.79 Å². The molecule has 0 radical (unpaired) electrons. The topological polar surface area (TPSA) is 69.0 Å². The van der Waals surface area contributed by atoms with Gasteiger partial charge in [0.2, 0.25) is 5.91 Å². The highest BCUT2D eigenvalue weighted by Gasteiger charge is 2.18. The van der Waals surface area contributed by atoms with E-state index in [9.17, 15) is 4.79 Å². The molecule has 6 nitrogen and oxygen atoms in total. The molecule has 3 aromatic rings. The Hall–Kier alpha value is -2.51. The predicted octanol–water partition coefficient (Wildman–Crippen LogP) is 5.21. The van der Waals surface area contributed by atoms with Crippen molar-refractivity contribution in [2.75, 3.05) is 11.1 Å². The van der Waals surface area contributed by atoms with E-state index >= 15 is 0 Å². The summed E-state index contributed by atoms with van der Waals surface area (Å²) < 4.78 is 7.85. The van der Waals surface area contributed by atoms with Crippen molar-refractivity contribution in [3.8, 4) is 5.75 Å². The first-order valence-corrected chi connectivity index (χ1v) is 11.1. The van der Waals surface area contributed by atoms with Crippen LogP contribution in [0.5, 0.6) is 5.75 Å². The summed E-state index contributed by atoms with van der Waals surface area (Å²) in [5.41, 5.74) is 2.82. The van der Waals surface area contributed by atoms with E-state index in [4.69, 9.17) is 16.3 Å². The number of nitrogens with zero attached hydrogens (tertiary/aromatic N) is 3. The van der Waals surface area contributed by atoms with Crippen LogP contribution in [0.1, 0.15) is 36.9 Å². The molecule has 0 fully saturated rings. The number of rotatable bonds is 8. The van der Waals surface area contributed by atoms with Crippen LogP contribution >= 0.6 is 23.4 Å². The quantitative estimate of drug-likeness (QED) is 0.483. The molecule has 0 saturated carbocycles. The van der Waals surface area contributed by atoms with Crippen LogP contribution in [0, 0.1) is 6.92 Å². The van der Waals surface area contributed by atoms with Crippen molar-refractivity contribution in [2.45, 2.75) is 38.5 Å². The lowest BCUT2D eigenvalue weighted by atomic mass is 10.2. The van der Waals surface area contributed by atoms with Crippen LogP contribution < -0.4 is 10.1 Å². The summed E-state index contributed by atoms with van der Waals surface area (Å²) in [5, 5.41) is 12.6. The predicted molar refractivity (Wildman–Crippen MR) is 121 cm³/mol. The Morgan fingerprint density at radius 1 is 1.23 bits per heavy atom. The van der Waals surface area contributed by atoms with Gasteiger partial charge < -0.3 is 14.6 Å². The minimum absolute atomic E-state index is 0.129. The summed E-state index contributed by atoms with van der Waals surface area (Å²) >= 11 is 7.43. The van der Waals surface area contributed by atoms with Crippen molar-refractivity contribution < 1.29 is 9.53 Å². The molecule has 1 heterocycles. The van der Waals surface area contributed by atoms with E-state index < -0.39 is 0 Å². The van der Waals surface area contributed by atoms with Gasteiger partial charge in [0, 0.05) is 17.8 Å². The zero-order valence-electron chi connectivity index (χ0n) is 17.5. The van der Waals surface area contributed by atoms with Crippen molar-refractivity contribution in [1.82, 2.24) is 14.8 Å². The molecule has 2 aromatic carbocycles. The summed E-state index contributed by atoms with van der Waals surface area (Å²) in [7, 11) is 1.87. The second-order valence-electron chi connectivity index (χ2n) is 6.91. The fourth-order valence-electron chi connectivity index (χ4n) is 2.93. The number of halogens is 1. The van der Waals surface area contributed by atoms with Gasteiger partial charge >= 0.3 is 0 Å². The maximum Gasteiger partial charge on any atom is 0.234 e. The number of hydrogen-bond acceptors (Lipinski definition) is 5. The molecular formula is C22H25ClN4O2S. The first kappa shape index (κ1) is 22.2. The van der Waals surface area contributed by atoms with Crippen molar-refractivity contribution in [3.63, 3.8) is 0 Å². The lowest BCUT2D eigenvalue weighted by molar-refractivity contribution is -0.113. The summed E-state index contributed by atoms with van der Waals surface area (Å²) in [6.45, 7) is 5.92. The zero-order valence-corrected chi connectivity index (χ0v) is 19.0. The van der Waals surface area contributed by atoms with Crippen molar-refractivity contribution >= 4 is 35.0 Å². The number of aryl methyl sites for hydroxylation is 1. The Morgan fingerprint density at radius 2 is 1.97 bits per heavy atom. The van der Waals surface area contributed by atoms with Crippen molar-refractivity contribution in [1.29, 1.82) is 0 Å². The molecule has 3 rings (SSSR count). The molecule has 1 amide bonds. The molecule has 8 heteroatoms. The lowest BCUT2D eigenvalue weighted by Crippen LogP contribution is -2.15. The van der Waals surface area contributed by atoms with E-state index in [2.05, 4.69) is 34.6 Å². The first-order chi connectivity index (χ1) is 14.4.